The molecule has 0 saturated carbocycles. The summed E-state index contributed by atoms with van der Waals surface area (Å²) >= 11 is 1.32. The number of carbonyl (C=O) groups is 2. The second-order valence-corrected chi connectivity index (χ2v) is 6.48. The summed E-state index contributed by atoms with van der Waals surface area (Å²) < 4.78 is 39.4. The van der Waals surface area contributed by atoms with Crippen LogP contribution in [0.15, 0.2) is 47.4 Å². The first kappa shape index (κ1) is 18.9. The molecule has 8 heteroatoms. The molecule has 25 heavy (non-hydrogen) atoms. The third-order valence-corrected chi connectivity index (χ3v) is 4.27. The van der Waals surface area contributed by atoms with Crippen LogP contribution in [0, 0.1) is 17.5 Å². The molecule has 0 aliphatic carbocycles. The Bertz CT molecular complexity index is 772. The maximum atomic E-state index is 13.5. The van der Waals surface area contributed by atoms with E-state index in [9.17, 15) is 22.8 Å². The van der Waals surface area contributed by atoms with Crippen LogP contribution in [0.5, 0.6) is 0 Å². The Balaban J connectivity index is 1.85. The molecule has 132 valence electrons. The highest BCUT2D eigenvalue weighted by atomic mass is 32.2. The van der Waals surface area contributed by atoms with Gasteiger partial charge in [-0.1, -0.05) is 18.2 Å². The van der Waals surface area contributed by atoms with E-state index in [-0.39, 0.29) is 5.91 Å². The van der Waals surface area contributed by atoms with Gasteiger partial charge in [-0.25, -0.2) is 13.2 Å². The van der Waals surface area contributed by atoms with Crippen molar-refractivity contribution in [2.24, 2.45) is 0 Å². The van der Waals surface area contributed by atoms with Gasteiger partial charge in [0.1, 0.15) is 0 Å². The number of halogens is 3. The van der Waals surface area contributed by atoms with Crippen LogP contribution in [-0.2, 0) is 9.59 Å². The molecule has 0 spiro atoms. The van der Waals surface area contributed by atoms with E-state index in [0.717, 1.165) is 11.0 Å². The normalized spacial score (nSPS) is 11.7. The number of rotatable bonds is 6. The average molecular weight is 368 g/mol. The van der Waals surface area contributed by atoms with Gasteiger partial charge >= 0.3 is 0 Å². The zero-order chi connectivity index (χ0) is 18.4. The van der Waals surface area contributed by atoms with Crippen molar-refractivity contribution in [2.45, 2.75) is 17.1 Å². The number of benzene rings is 2. The lowest BCUT2D eigenvalue weighted by Gasteiger charge is -2.12. The van der Waals surface area contributed by atoms with Crippen LogP contribution in [-0.4, -0.2) is 23.6 Å². The van der Waals surface area contributed by atoms with E-state index in [0.29, 0.717) is 6.07 Å². The van der Waals surface area contributed by atoms with E-state index in [1.54, 1.807) is 6.92 Å². The van der Waals surface area contributed by atoms with Gasteiger partial charge in [0.25, 0.3) is 0 Å². The molecule has 0 heterocycles. The monoisotopic (exact) mass is 368 g/mol. The summed E-state index contributed by atoms with van der Waals surface area (Å²) in [6, 6.07) is 10.9. The third-order valence-electron chi connectivity index (χ3n) is 3.16. The first-order valence-electron chi connectivity index (χ1n) is 7.31. The smallest absolute Gasteiger partial charge is 0.243 e. The quantitative estimate of drug-likeness (QED) is 0.607. The number of anilines is 1. The number of carbonyl (C=O) groups excluding carboxylic acids is 2. The molecule has 0 saturated heterocycles. The minimum Gasteiger partial charge on any atom is -0.346 e. The molecular weight excluding hydrogens is 353 g/mol. The molecule has 0 fully saturated rings. The minimum atomic E-state index is -1.67. The van der Waals surface area contributed by atoms with Gasteiger partial charge in [-0.15, -0.1) is 11.8 Å². The fraction of sp³-hybridized carbons (Fsp3) is 0.176. The highest BCUT2D eigenvalue weighted by Crippen LogP contribution is 2.22. The number of amides is 2. The van der Waals surface area contributed by atoms with Gasteiger partial charge in [0.15, 0.2) is 17.5 Å². The summed E-state index contributed by atoms with van der Waals surface area (Å²) in [5.74, 6) is -5.65. The van der Waals surface area contributed by atoms with E-state index in [1.165, 1.54) is 11.8 Å². The van der Waals surface area contributed by atoms with Gasteiger partial charge in [-0.3, -0.25) is 9.59 Å². The average Bonchev–Trinajstić information content (AvgIpc) is 2.61. The van der Waals surface area contributed by atoms with E-state index in [2.05, 4.69) is 10.6 Å². The minimum absolute atomic E-state index is 0.380. The maximum Gasteiger partial charge on any atom is 0.243 e. The van der Waals surface area contributed by atoms with Crippen LogP contribution in [0.1, 0.15) is 6.92 Å². The number of hydrogen-bond acceptors (Lipinski definition) is 3. The fourth-order valence-electron chi connectivity index (χ4n) is 1.88. The Morgan fingerprint density at radius 1 is 1.04 bits per heavy atom. The van der Waals surface area contributed by atoms with Crippen LogP contribution in [0.4, 0.5) is 18.9 Å². The van der Waals surface area contributed by atoms with Crippen molar-refractivity contribution in [3.05, 3.63) is 59.9 Å². The van der Waals surface area contributed by atoms with Gasteiger partial charge < -0.3 is 10.6 Å². The molecular formula is C17H15F3N2O2S. The lowest BCUT2D eigenvalue weighted by Crippen LogP contribution is -2.37. The van der Waals surface area contributed by atoms with Gasteiger partial charge in [0.2, 0.25) is 11.8 Å². The van der Waals surface area contributed by atoms with Gasteiger partial charge in [-0.05, 0) is 31.2 Å². The molecule has 0 aliphatic heterocycles. The first-order valence-corrected chi connectivity index (χ1v) is 8.19. The zero-order valence-corrected chi connectivity index (χ0v) is 14.0. The molecule has 2 aromatic carbocycles. The SMILES string of the molecule is CC(Sc1ccccc1)C(=O)NCC(=O)Nc1ccc(F)c(F)c1F. The van der Waals surface area contributed by atoms with Crippen molar-refractivity contribution in [1.82, 2.24) is 5.32 Å². The lowest BCUT2D eigenvalue weighted by molar-refractivity contribution is -0.123. The number of nitrogens with one attached hydrogen (secondary N) is 2. The molecule has 2 aromatic rings. The van der Waals surface area contributed by atoms with Crippen molar-refractivity contribution in [1.29, 1.82) is 0 Å². The molecule has 0 bridgehead atoms. The van der Waals surface area contributed by atoms with Gasteiger partial charge in [0.05, 0.1) is 17.5 Å². The van der Waals surface area contributed by atoms with Crippen LogP contribution in [0.25, 0.3) is 0 Å². The Labute approximate surface area is 146 Å². The lowest BCUT2D eigenvalue weighted by atomic mass is 10.2. The third kappa shape index (κ3) is 5.25. The van der Waals surface area contributed by atoms with E-state index >= 15 is 0 Å². The Morgan fingerprint density at radius 2 is 1.72 bits per heavy atom. The summed E-state index contributed by atoms with van der Waals surface area (Å²) in [5.41, 5.74) is -0.496. The Morgan fingerprint density at radius 3 is 2.40 bits per heavy atom. The summed E-state index contributed by atoms with van der Waals surface area (Å²) in [6.07, 6.45) is 0. The van der Waals surface area contributed by atoms with Crippen LogP contribution in [0.2, 0.25) is 0 Å². The topological polar surface area (TPSA) is 58.2 Å². The first-order chi connectivity index (χ1) is 11.9. The molecule has 2 amide bonds. The van der Waals surface area contributed by atoms with Crippen molar-refractivity contribution in [3.8, 4) is 0 Å². The largest absolute Gasteiger partial charge is 0.346 e. The molecule has 1 unspecified atom stereocenters. The van der Waals surface area contributed by atoms with E-state index < -0.39 is 40.8 Å². The summed E-state index contributed by atoms with van der Waals surface area (Å²) in [5, 5.41) is 4.04. The van der Waals surface area contributed by atoms with Crippen LogP contribution >= 0.6 is 11.8 Å². The molecule has 0 aromatic heterocycles. The molecule has 2 rings (SSSR count). The molecule has 4 nitrogen and oxygen atoms in total. The summed E-state index contributed by atoms with van der Waals surface area (Å²) in [7, 11) is 0. The van der Waals surface area contributed by atoms with E-state index in [4.69, 9.17) is 0 Å². The van der Waals surface area contributed by atoms with Crippen molar-refractivity contribution >= 4 is 29.3 Å². The second-order valence-electron chi connectivity index (χ2n) is 5.06. The Hall–Kier alpha value is -2.48. The van der Waals surface area contributed by atoms with Crippen LogP contribution in [0.3, 0.4) is 0 Å². The van der Waals surface area contributed by atoms with Crippen molar-refractivity contribution < 1.29 is 22.8 Å². The standard InChI is InChI=1S/C17H15F3N2O2S/c1-10(25-11-5-3-2-4-6-11)17(24)21-9-14(23)22-13-8-7-12(18)15(19)16(13)20/h2-8,10H,9H2,1H3,(H,21,24)(H,22,23). The fourth-order valence-corrected chi connectivity index (χ4v) is 2.80. The van der Waals surface area contributed by atoms with Gasteiger partial charge in [-0.2, -0.15) is 0 Å². The Kier molecular flexibility index (Phi) is 6.46. The highest BCUT2D eigenvalue weighted by molar-refractivity contribution is 8.00. The van der Waals surface area contributed by atoms with Crippen molar-refractivity contribution in [3.63, 3.8) is 0 Å². The second kappa shape index (κ2) is 8.57. The predicted molar refractivity (Wildman–Crippen MR) is 89.7 cm³/mol. The van der Waals surface area contributed by atoms with Crippen LogP contribution < -0.4 is 10.6 Å². The maximum absolute atomic E-state index is 13.5. The van der Waals surface area contributed by atoms with Crippen molar-refractivity contribution in [2.75, 3.05) is 11.9 Å². The zero-order valence-electron chi connectivity index (χ0n) is 13.2. The number of thioether (sulfide) groups is 1. The molecule has 0 aliphatic rings. The highest BCUT2D eigenvalue weighted by Gasteiger charge is 2.17. The summed E-state index contributed by atoms with van der Waals surface area (Å²) in [6.45, 7) is 1.26. The number of hydrogen-bond donors (Lipinski definition) is 2. The van der Waals surface area contributed by atoms with E-state index in [1.807, 2.05) is 30.3 Å². The van der Waals surface area contributed by atoms with Gasteiger partial charge in [0, 0.05) is 4.90 Å². The molecule has 2 N–H and O–H groups in total. The molecule has 0 radical (unpaired) electrons. The predicted octanol–water partition coefficient (Wildman–Crippen LogP) is 3.34. The summed E-state index contributed by atoms with van der Waals surface area (Å²) in [4.78, 5) is 24.6. The molecule has 1 atom stereocenters.